The molecule has 1 aromatic rings. The second kappa shape index (κ2) is 11.1. The molecule has 3 unspecified atom stereocenters. The molecule has 3 atom stereocenters. The smallest absolute Gasteiger partial charge is 1.00 e. The second-order valence-corrected chi connectivity index (χ2v) is 21.0. The zero-order valence-corrected chi connectivity index (χ0v) is 31.0. The van der Waals surface area contributed by atoms with Crippen LogP contribution in [0.4, 0.5) is 0 Å². The van der Waals surface area contributed by atoms with Gasteiger partial charge in [-0.1, -0.05) is 0 Å². The predicted molar refractivity (Wildman–Crippen MR) is 174 cm³/mol. The van der Waals surface area contributed by atoms with Gasteiger partial charge < -0.3 is 24.8 Å². The van der Waals surface area contributed by atoms with E-state index in [2.05, 4.69) is 110 Å². The molecule has 6 aliphatic rings. The molecule has 230 valence electrons. The van der Waals surface area contributed by atoms with Crippen LogP contribution in [-0.2, 0) is 23.8 Å². The maximum Gasteiger partial charge on any atom is -1.00 e. The number of fused-ring (bicyclic) bond motifs is 6. The minimum atomic E-state index is -1.96. The summed E-state index contributed by atoms with van der Waals surface area (Å²) in [6, 6.07) is 9.46. The van der Waals surface area contributed by atoms with Gasteiger partial charge in [0.2, 0.25) is 0 Å². The quantitative estimate of drug-likeness (QED) is 0.388. The topological polar surface area (TPSA) is 0 Å². The van der Waals surface area contributed by atoms with Gasteiger partial charge in [0.25, 0.3) is 0 Å². The average molecular weight is 652 g/mol. The maximum absolute atomic E-state index is 2.85. The molecule has 6 aliphatic carbocycles. The molecule has 1 aromatic carbocycles. The summed E-state index contributed by atoms with van der Waals surface area (Å²) in [5.41, 5.74) is 10.7. The first-order valence-corrected chi connectivity index (χ1v) is 19.1. The molecule has 0 saturated heterocycles. The summed E-state index contributed by atoms with van der Waals surface area (Å²) in [6.07, 6.45) is 24.4. The number of benzene rings is 1. The van der Waals surface area contributed by atoms with Gasteiger partial charge in [-0.2, -0.15) is 0 Å². The summed E-state index contributed by atoms with van der Waals surface area (Å²) in [5.74, 6) is 0.587. The van der Waals surface area contributed by atoms with Crippen molar-refractivity contribution in [3.63, 3.8) is 0 Å². The summed E-state index contributed by atoms with van der Waals surface area (Å²) in [5, 5.41) is 0. The molecule has 0 nitrogen and oxygen atoms in total. The van der Waals surface area contributed by atoms with E-state index in [1.54, 1.807) is 27.8 Å². The molecular weight excluding hydrogens is 599 g/mol. The van der Waals surface area contributed by atoms with Crippen LogP contribution in [0, 0.1) is 27.6 Å². The van der Waals surface area contributed by atoms with E-state index in [1.807, 2.05) is 13.3 Å². The normalized spacial score (nSPS) is 32.4. The van der Waals surface area contributed by atoms with E-state index in [0.717, 1.165) is 6.42 Å². The molecule has 0 amide bonds. The first-order chi connectivity index (χ1) is 19.4. The minimum Gasteiger partial charge on any atom is -1.00 e. The SMILES string of the molecule is CC12C(=C3Cc4ccccc4C3=C3C=CCCC31)[C](C)([Ti+2]([C]1=CC=CC1)=[C]1CCCCC1)C(C)(C)C(C)(C)C2(C)C.[Cl-].[Cl-]. The fourth-order valence-corrected chi connectivity index (χ4v) is 18.7. The molecule has 0 spiro atoms. The molecular formula is C40H52Cl2Ti. The first kappa shape index (κ1) is 33.4. The molecule has 2 saturated carbocycles. The molecule has 0 aromatic heterocycles. The Bertz CT molecular complexity index is 1510. The van der Waals surface area contributed by atoms with Crippen molar-refractivity contribution in [2.75, 3.05) is 0 Å². The summed E-state index contributed by atoms with van der Waals surface area (Å²) in [4.78, 5) is 0. The Hall–Kier alpha value is -0.916. The molecule has 0 N–H and O–H groups in total. The molecule has 0 bridgehead atoms. The van der Waals surface area contributed by atoms with Crippen molar-refractivity contribution in [3.8, 4) is 0 Å². The van der Waals surface area contributed by atoms with Crippen LogP contribution in [0.1, 0.15) is 118 Å². The standard InChI is InChI=1S/C29H37.C6H10.C5H5.2ClH.Ti/c1-18-25-22-17-19-13-9-10-14-20(19)24(22)21-15-11-12-16-23(21)29(25,8)28(6,7)27(4,5)26(18,2)3;1-2-4-6-5-3-1;1-2-4-5-3-1;;;/h9-11,13-15,23H,12,16-17H2,1-8H3;1-5H2;1-3H,4H2;2*1H;/q;;;;;+2/p-2. The Morgan fingerprint density at radius 2 is 1.49 bits per heavy atom. The summed E-state index contributed by atoms with van der Waals surface area (Å²) in [7, 11) is 0. The van der Waals surface area contributed by atoms with Crippen molar-refractivity contribution in [2.24, 2.45) is 27.6 Å². The first-order valence-electron chi connectivity index (χ1n) is 16.7. The summed E-state index contributed by atoms with van der Waals surface area (Å²) in [6.45, 7) is 21.8. The van der Waals surface area contributed by atoms with Crippen molar-refractivity contribution in [3.05, 3.63) is 86.4 Å². The largest absolute Gasteiger partial charge is 1.00 e. The monoisotopic (exact) mass is 650 g/mol. The Morgan fingerprint density at radius 3 is 2.16 bits per heavy atom. The average Bonchev–Trinajstić information content (AvgIpc) is 3.61. The number of allylic oxidation sites excluding steroid dienone is 10. The van der Waals surface area contributed by atoms with Gasteiger partial charge in [0.15, 0.2) is 0 Å². The third kappa shape index (κ3) is 4.08. The molecule has 3 heteroatoms. The Labute approximate surface area is 280 Å². The number of halogens is 2. The number of rotatable bonds is 2. The van der Waals surface area contributed by atoms with Gasteiger partial charge in [-0.05, 0) is 0 Å². The van der Waals surface area contributed by atoms with Gasteiger partial charge in [0.05, 0.1) is 0 Å². The summed E-state index contributed by atoms with van der Waals surface area (Å²) >= 11 is -1.96. The van der Waals surface area contributed by atoms with Crippen LogP contribution in [-0.4, -0.2) is 3.81 Å². The number of hydrogen-bond donors (Lipinski definition) is 0. The van der Waals surface area contributed by atoms with Crippen LogP contribution in [0.25, 0.3) is 5.57 Å². The van der Waals surface area contributed by atoms with Crippen LogP contribution in [0.2, 0.25) is 3.72 Å². The van der Waals surface area contributed by atoms with Gasteiger partial charge in [0, 0.05) is 0 Å². The van der Waals surface area contributed by atoms with Crippen LogP contribution in [0.3, 0.4) is 0 Å². The zero-order valence-electron chi connectivity index (χ0n) is 27.9. The van der Waals surface area contributed by atoms with Crippen LogP contribution in [0.5, 0.6) is 0 Å². The van der Waals surface area contributed by atoms with Gasteiger partial charge in [-0.25, -0.2) is 0 Å². The van der Waals surface area contributed by atoms with Crippen LogP contribution < -0.4 is 24.8 Å². The van der Waals surface area contributed by atoms with Crippen molar-refractivity contribution in [1.82, 2.24) is 0 Å². The van der Waals surface area contributed by atoms with Gasteiger partial charge >= 0.3 is 258 Å². The van der Waals surface area contributed by atoms with Gasteiger partial charge in [-0.15, -0.1) is 0 Å². The van der Waals surface area contributed by atoms with E-state index in [0.29, 0.717) is 5.92 Å². The van der Waals surface area contributed by atoms with Crippen LogP contribution >= 0.6 is 0 Å². The van der Waals surface area contributed by atoms with Crippen molar-refractivity contribution in [1.29, 1.82) is 0 Å². The fourth-order valence-electron chi connectivity index (χ4n) is 11.1. The van der Waals surface area contributed by atoms with E-state index in [4.69, 9.17) is 0 Å². The third-order valence-electron chi connectivity index (χ3n) is 14.6. The van der Waals surface area contributed by atoms with Gasteiger partial charge in [0.1, 0.15) is 0 Å². The molecule has 0 aliphatic heterocycles. The van der Waals surface area contributed by atoms with Crippen molar-refractivity contribution < 1.29 is 42.2 Å². The molecule has 2 fully saturated rings. The van der Waals surface area contributed by atoms with E-state index in [9.17, 15) is 0 Å². The van der Waals surface area contributed by atoms with Crippen molar-refractivity contribution in [2.45, 2.75) is 117 Å². The Morgan fingerprint density at radius 1 is 0.791 bits per heavy atom. The Kier molecular flexibility index (Phi) is 8.64. The van der Waals surface area contributed by atoms with Crippen LogP contribution in [0.15, 0.2) is 75.2 Å². The molecule has 0 radical (unpaired) electrons. The fraction of sp³-hybridized carbons (Fsp3) is 0.575. The minimum absolute atomic E-state index is 0. The molecule has 43 heavy (non-hydrogen) atoms. The Balaban J connectivity index is 0.00000184. The van der Waals surface area contributed by atoms with E-state index >= 15 is 0 Å². The van der Waals surface area contributed by atoms with Crippen molar-refractivity contribution >= 4 is 9.38 Å². The third-order valence-corrected chi connectivity index (χ3v) is 21.0. The molecule has 0 heterocycles. The number of hydrogen-bond acceptors (Lipinski definition) is 0. The van der Waals surface area contributed by atoms with E-state index in [1.165, 1.54) is 51.4 Å². The van der Waals surface area contributed by atoms with E-state index < -0.39 is 17.4 Å². The second-order valence-electron chi connectivity index (χ2n) is 16.1. The predicted octanol–water partition coefficient (Wildman–Crippen LogP) is 5.16. The maximum atomic E-state index is 2.85. The zero-order chi connectivity index (χ0) is 29.0. The van der Waals surface area contributed by atoms with Gasteiger partial charge in [-0.3, -0.25) is 0 Å². The van der Waals surface area contributed by atoms with E-state index in [-0.39, 0.29) is 50.2 Å². The summed E-state index contributed by atoms with van der Waals surface area (Å²) < 4.78 is 4.09. The molecule has 7 rings (SSSR count).